The van der Waals surface area contributed by atoms with Crippen molar-refractivity contribution in [2.75, 3.05) is 29.0 Å². The molecule has 30 heavy (non-hydrogen) atoms. The normalized spacial score (nSPS) is 16.3. The molecule has 0 radical (unpaired) electrons. The predicted octanol–water partition coefficient (Wildman–Crippen LogP) is 1.49. The maximum absolute atomic E-state index is 13.4. The smallest absolute Gasteiger partial charge is 0.322 e. The maximum Gasteiger partial charge on any atom is 0.322 e. The van der Waals surface area contributed by atoms with Crippen molar-refractivity contribution in [1.29, 1.82) is 0 Å². The topological polar surface area (TPSA) is 108 Å². The minimum Gasteiger partial charge on any atom is -0.394 e. The third-order valence-corrected chi connectivity index (χ3v) is 5.86. The van der Waals surface area contributed by atoms with Gasteiger partial charge in [-0.2, -0.15) is 5.10 Å². The number of fused-ring (bicyclic) bond motifs is 1. The molecule has 2 amide bonds. The monoisotopic (exact) mass is 447 g/mol. The summed E-state index contributed by atoms with van der Waals surface area (Å²) in [6.07, 6.45) is 2.32. The SMILES string of the molecule is C[C@H]1Cn2ncc(N(CCO)S(C)(=O)=O)c2CN1C(=O)Nc1cc(F)c(F)c(F)c1. The van der Waals surface area contributed by atoms with Gasteiger partial charge in [0, 0.05) is 17.8 Å². The number of nitrogens with one attached hydrogen (secondary N) is 1. The Labute approximate surface area is 170 Å². The number of aromatic nitrogens is 2. The Hall–Kier alpha value is -2.80. The fourth-order valence-electron chi connectivity index (χ4n) is 3.25. The first-order chi connectivity index (χ1) is 14.0. The molecular weight excluding hydrogens is 427 g/mol. The second kappa shape index (κ2) is 8.14. The van der Waals surface area contributed by atoms with Crippen LogP contribution in [0.3, 0.4) is 0 Å². The van der Waals surface area contributed by atoms with Crippen LogP contribution in [0.25, 0.3) is 0 Å². The number of hydrogen-bond acceptors (Lipinski definition) is 5. The van der Waals surface area contributed by atoms with Crippen LogP contribution in [0.4, 0.5) is 29.3 Å². The van der Waals surface area contributed by atoms with E-state index in [2.05, 4.69) is 10.4 Å². The van der Waals surface area contributed by atoms with Gasteiger partial charge in [0.1, 0.15) is 0 Å². The summed E-state index contributed by atoms with van der Waals surface area (Å²) >= 11 is 0. The molecule has 1 aromatic carbocycles. The van der Waals surface area contributed by atoms with Gasteiger partial charge in [0.2, 0.25) is 10.0 Å². The highest BCUT2D eigenvalue weighted by Gasteiger charge is 2.32. The summed E-state index contributed by atoms with van der Waals surface area (Å²) in [6.45, 7) is 1.31. The van der Waals surface area contributed by atoms with Crippen molar-refractivity contribution in [1.82, 2.24) is 14.7 Å². The molecule has 2 heterocycles. The molecule has 1 atom stereocenters. The number of aliphatic hydroxyl groups excluding tert-OH is 1. The quantitative estimate of drug-likeness (QED) is 0.676. The lowest BCUT2D eigenvalue weighted by Crippen LogP contribution is -2.47. The molecule has 13 heteroatoms. The lowest BCUT2D eigenvalue weighted by molar-refractivity contribution is 0.161. The molecule has 0 spiro atoms. The van der Waals surface area contributed by atoms with Crippen LogP contribution in [-0.2, 0) is 23.1 Å². The number of carbonyl (C=O) groups is 1. The van der Waals surface area contributed by atoms with Crippen molar-refractivity contribution < 1.29 is 31.5 Å². The Kier molecular flexibility index (Phi) is 5.94. The fourth-order valence-corrected chi connectivity index (χ4v) is 4.17. The first-order valence-electron chi connectivity index (χ1n) is 8.88. The average molecular weight is 447 g/mol. The van der Waals surface area contributed by atoms with E-state index in [4.69, 9.17) is 0 Å². The molecule has 9 nitrogen and oxygen atoms in total. The molecule has 2 aromatic rings. The minimum atomic E-state index is -3.71. The first kappa shape index (κ1) is 21.9. The van der Waals surface area contributed by atoms with Gasteiger partial charge in [-0.1, -0.05) is 0 Å². The summed E-state index contributed by atoms with van der Waals surface area (Å²) in [6, 6.07) is 0.227. The summed E-state index contributed by atoms with van der Waals surface area (Å²) in [5.41, 5.74) is 0.370. The third kappa shape index (κ3) is 4.21. The van der Waals surface area contributed by atoms with E-state index in [-0.39, 0.29) is 37.1 Å². The van der Waals surface area contributed by atoms with Crippen molar-refractivity contribution in [3.63, 3.8) is 0 Å². The van der Waals surface area contributed by atoms with Gasteiger partial charge < -0.3 is 15.3 Å². The van der Waals surface area contributed by atoms with Crippen LogP contribution in [0.15, 0.2) is 18.3 Å². The van der Waals surface area contributed by atoms with E-state index in [0.29, 0.717) is 17.8 Å². The van der Waals surface area contributed by atoms with Gasteiger partial charge in [-0.3, -0.25) is 8.99 Å². The van der Waals surface area contributed by atoms with Crippen molar-refractivity contribution in [3.8, 4) is 0 Å². The Morgan fingerprint density at radius 3 is 2.53 bits per heavy atom. The highest BCUT2D eigenvalue weighted by atomic mass is 32.2. The van der Waals surface area contributed by atoms with Gasteiger partial charge in [-0.25, -0.2) is 26.4 Å². The summed E-state index contributed by atoms with van der Waals surface area (Å²) in [5, 5.41) is 15.7. The molecule has 0 aliphatic carbocycles. The number of aliphatic hydroxyl groups is 1. The third-order valence-electron chi connectivity index (χ3n) is 4.68. The largest absolute Gasteiger partial charge is 0.394 e. The molecule has 1 aromatic heterocycles. The second-order valence-corrected chi connectivity index (χ2v) is 8.79. The Balaban J connectivity index is 1.87. The van der Waals surface area contributed by atoms with Gasteiger partial charge in [0.25, 0.3) is 0 Å². The van der Waals surface area contributed by atoms with E-state index < -0.39 is 40.1 Å². The maximum atomic E-state index is 13.4. The summed E-state index contributed by atoms with van der Waals surface area (Å²) in [4.78, 5) is 14.0. The number of halogens is 3. The second-order valence-electron chi connectivity index (χ2n) is 6.88. The molecule has 3 rings (SSSR count). The van der Waals surface area contributed by atoms with Crippen molar-refractivity contribution >= 4 is 27.4 Å². The molecular formula is C17H20F3N5O4S. The zero-order valence-electron chi connectivity index (χ0n) is 16.1. The Morgan fingerprint density at radius 2 is 1.97 bits per heavy atom. The van der Waals surface area contributed by atoms with E-state index in [1.54, 1.807) is 11.6 Å². The first-order valence-corrected chi connectivity index (χ1v) is 10.7. The van der Waals surface area contributed by atoms with Crippen LogP contribution in [-0.4, -0.2) is 59.7 Å². The average Bonchev–Trinajstić information content (AvgIpc) is 3.04. The molecule has 0 saturated heterocycles. The number of anilines is 2. The zero-order chi connectivity index (χ0) is 22.2. The molecule has 0 saturated carbocycles. The van der Waals surface area contributed by atoms with Crippen molar-refractivity contribution in [3.05, 3.63) is 41.5 Å². The van der Waals surface area contributed by atoms with Crippen LogP contribution in [0.1, 0.15) is 12.6 Å². The molecule has 0 unspecified atom stereocenters. The molecule has 0 bridgehead atoms. The van der Waals surface area contributed by atoms with Crippen molar-refractivity contribution in [2.24, 2.45) is 0 Å². The van der Waals surface area contributed by atoms with Crippen LogP contribution in [0.5, 0.6) is 0 Å². The molecule has 0 fully saturated rings. The van der Waals surface area contributed by atoms with Crippen molar-refractivity contribution in [2.45, 2.75) is 26.1 Å². The number of amides is 2. The molecule has 164 valence electrons. The number of benzene rings is 1. The fraction of sp³-hybridized carbons (Fsp3) is 0.412. The highest BCUT2D eigenvalue weighted by molar-refractivity contribution is 7.92. The highest BCUT2D eigenvalue weighted by Crippen LogP contribution is 2.29. The molecule has 1 aliphatic heterocycles. The number of rotatable bonds is 5. The number of carbonyl (C=O) groups excluding carboxylic acids is 1. The van der Waals surface area contributed by atoms with E-state index in [9.17, 15) is 31.5 Å². The number of nitrogens with zero attached hydrogens (tertiary/aromatic N) is 4. The number of hydrogen-bond donors (Lipinski definition) is 2. The van der Waals surface area contributed by atoms with E-state index in [1.807, 2.05) is 0 Å². The number of urea groups is 1. The van der Waals surface area contributed by atoms with Gasteiger partial charge in [0.15, 0.2) is 17.5 Å². The van der Waals surface area contributed by atoms with Crippen LogP contribution >= 0.6 is 0 Å². The van der Waals surface area contributed by atoms with Gasteiger partial charge >= 0.3 is 6.03 Å². The van der Waals surface area contributed by atoms with Gasteiger partial charge in [0.05, 0.1) is 56.1 Å². The van der Waals surface area contributed by atoms with E-state index in [0.717, 1.165) is 10.6 Å². The molecule has 1 aliphatic rings. The lowest BCUT2D eigenvalue weighted by atomic mass is 10.2. The lowest BCUT2D eigenvalue weighted by Gasteiger charge is -2.35. The summed E-state index contributed by atoms with van der Waals surface area (Å²) < 4.78 is 66.7. The zero-order valence-corrected chi connectivity index (χ0v) is 17.0. The number of sulfonamides is 1. The summed E-state index contributed by atoms with van der Waals surface area (Å²) in [7, 11) is -3.71. The van der Waals surface area contributed by atoms with Crippen LogP contribution in [0, 0.1) is 17.5 Å². The summed E-state index contributed by atoms with van der Waals surface area (Å²) in [5.74, 6) is -4.52. The van der Waals surface area contributed by atoms with Crippen LogP contribution < -0.4 is 9.62 Å². The standard InChI is InChI=1S/C17H20F3N5O4S/c1-10-8-24-15(14(7-21-24)25(3-4-26)30(2,28)29)9-23(10)17(27)22-11-5-12(18)16(20)13(19)6-11/h5-7,10,26H,3-4,8-9H2,1-2H3,(H,22,27)/t10-/m0/s1. The van der Waals surface area contributed by atoms with E-state index in [1.165, 1.54) is 11.1 Å². The predicted molar refractivity (Wildman–Crippen MR) is 102 cm³/mol. The van der Waals surface area contributed by atoms with Gasteiger partial charge in [-0.15, -0.1) is 0 Å². The Bertz CT molecular complexity index is 1050. The Morgan fingerprint density at radius 1 is 1.33 bits per heavy atom. The van der Waals surface area contributed by atoms with E-state index >= 15 is 0 Å². The van der Waals surface area contributed by atoms with Crippen LogP contribution in [0.2, 0.25) is 0 Å². The van der Waals surface area contributed by atoms with Gasteiger partial charge in [-0.05, 0) is 6.92 Å². The molecule has 2 N–H and O–H groups in total. The minimum absolute atomic E-state index is 0.0497.